The summed E-state index contributed by atoms with van der Waals surface area (Å²) in [4.78, 5) is 0. The Kier molecular flexibility index (Phi) is 4.19. The lowest BCUT2D eigenvalue weighted by Crippen LogP contribution is -2.33. The van der Waals surface area contributed by atoms with E-state index in [1.54, 1.807) is 0 Å². The maximum Gasteiger partial charge on any atom is 0.170 e. The first-order valence-electron chi connectivity index (χ1n) is 5.82. The van der Waals surface area contributed by atoms with Gasteiger partial charge in [0.1, 0.15) is 0 Å². The zero-order valence-electron chi connectivity index (χ0n) is 10.3. The molecule has 0 spiro atoms. The summed E-state index contributed by atoms with van der Waals surface area (Å²) in [5, 5.41) is 9.40. The molecule has 0 aliphatic heterocycles. The molecule has 0 atom stereocenters. The molecule has 2 N–H and O–H groups in total. The molecule has 0 heterocycles. The lowest BCUT2D eigenvalue weighted by Gasteiger charge is -2.15. The van der Waals surface area contributed by atoms with Crippen molar-refractivity contribution in [2.24, 2.45) is 0 Å². The SMILES string of the molecule is CC(C)NC(=S)Nc1ccc(Br)c2ccccc12. The summed E-state index contributed by atoms with van der Waals surface area (Å²) in [7, 11) is 0. The Labute approximate surface area is 121 Å². The van der Waals surface area contributed by atoms with Crippen LogP contribution in [0.3, 0.4) is 0 Å². The molecule has 4 heteroatoms. The molecule has 0 bridgehead atoms. The van der Waals surface area contributed by atoms with Crippen LogP contribution >= 0.6 is 28.1 Å². The second-order valence-corrected chi connectivity index (χ2v) is 5.66. The van der Waals surface area contributed by atoms with Crippen molar-refractivity contribution in [1.29, 1.82) is 0 Å². The number of nitrogens with one attached hydrogen (secondary N) is 2. The molecule has 0 aliphatic carbocycles. The number of rotatable bonds is 2. The molecule has 0 saturated carbocycles. The smallest absolute Gasteiger partial charge is 0.170 e. The second-order valence-electron chi connectivity index (χ2n) is 4.39. The maximum atomic E-state index is 5.27. The molecule has 0 aromatic heterocycles. The summed E-state index contributed by atoms with van der Waals surface area (Å²) in [6.45, 7) is 4.13. The number of hydrogen-bond acceptors (Lipinski definition) is 1. The zero-order chi connectivity index (χ0) is 13.1. The molecule has 2 aromatic carbocycles. The minimum Gasteiger partial charge on any atom is -0.360 e. The Morgan fingerprint density at radius 1 is 1.11 bits per heavy atom. The number of benzene rings is 2. The van der Waals surface area contributed by atoms with E-state index in [0.29, 0.717) is 11.2 Å². The van der Waals surface area contributed by atoms with E-state index in [-0.39, 0.29) is 0 Å². The minimum atomic E-state index is 0.326. The Balaban J connectivity index is 2.34. The molecule has 0 saturated heterocycles. The van der Waals surface area contributed by atoms with Crippen LogP contribution in [0.15, 0.2) is 40.9 Å². The Morgan fingerprint density at radius 2 is 1.78 bits per heavy atom. The van der Waals surface area contributed by atoms with Crippen molar-refractivity contribution in [3.63, 3.8) is 0 Å². The van der Waals surface area contributed by atoms with Gasteiger partial charge in [-0.05, 0) is 43.6 Å². The molecule has 2 aromatic rings. The van der Waals surface area contributed by atoms with Crippen LogP contribution in [0.2, 0.25) is 0 Å². The van der Waals surface area contributed by atoms with Gasteiger partial charge in [-0.1, -0.05) is 40.2 Å². The van der Waals surface area contributed by atoms with Crippen LogP contribution in [0.4, 0.5) is 5.69 Å². The monoisotopic (exact) mass is 322 g/mol. The van der Waals surface area contributed by atoms with Crippen LogP contribution < -0.4 is 10.6 Å². The molecular weight excluding hydrogens is 308 g/mol. The van der Waals surface area contributed by atoms with Gasteiger partial charge in [0.15, 0.2) is 5.11 Å². The summed E-state index contributed by atoms with van der Waals surface area (Å²) in [5.41, 5.74) is 1.02. The topological polar surface area (TPSA) is 24.1 Å². The molecule has 0 aliphatic rings. The predicted octanol–water partition coefficient (Wildman–Crippen LogP) is 4.30. The lowest BCUT2D eigenvalue weighted by molar-refractivity contribution is 0.739. The van der Waals surface area contributed by atoms with Crippen LogP contribution in [0.5, 0.6) is 0 Å². The number of fused-ring (bicyclic) bond motifs is 1. The fourth-order valence-corrected chi connectivity index (χ4v) is 2.62. The van der Waals surface area contributed by atoms with E-state index >= 15 is 0 Å². The van der Waals surface area contributed by atoms with Crippen molar-refractivity contribution >= 4 is 49.7 Å². The molecule has 2 rings (SSSR count). The van der Waals surface area contributed by atoms with E-state index in [2.05, 4.69) is 52.5 Å². The summed E-state index contributed by atoms with van der Waals surface area (Å²) in [6, 6.07) is 12.6. The lowest BCUT2D eigenvalue weighted by atomic mass is 10.1. The Hall–Kier alpha value is -1.13. The molecule has 2 nitrogen and oxygen atoms in total. The normalized spacial score (nSPS) is 10.7. The van der Waals surface area contributed by atoms with E-state index in [1.165, 1.54) is 5.39 Å². The second kappa shape index (κ2) is 5.67. The standard InChI is InChI=1S/C14H15BrN2S/c1-9(2)16-14(18)17-13-8-7-12(15)10-5-3-4-6-11(10)13/h3-9H,1-2H3,(H2,16,17,18). The molecule has 0 unspecified atom stereocenters. The number of anilines is 1. The van der Waals surface area contributed by atoms with Crippen molar-refractivity contribution in [1.82, 2.24) is 5.32 Å². The molecule has 0 radical (unpaired) electrons. The van der Waals surface area contributed by atoms with E-state index in [1.807, 2.05) is 24.3 Å². The van der Waals surface area contributed by atoms with Crippen LogP contribution in [0.1, 0.15) is 13.8 Å². The van der Waals surface area contributed by atoms with Gasteiger partial charge in [-0.2, -0.15) is 0 Å². The molecular formula is C14H15BrN2S. The van der Waals surface area contributed by atoms with Gasteiger partial charge in [0.05, 0.1) is 0 Å². The molecule has 94 valence electrons. The quantitative estimate of drug-likeness (QED) is 0.806. The maximum absolute atomic E-state index is 5.27. The van der Waals surface area contributed by atoms with Gasteiger partial charge in [0.2, 0.25) is 0 Å². The van der Waals surface area contributed by atoms with Gasteiger partial charge in [-0.25, -0.2) is 0 Å². The number of hydrogen-bond donors (Lipinski definition) is 2. The van der Waals surface area contributed by atoms with Gasteiger partial charge in [-0.3, -0.25) is 0 Å². The van der Waals surface area contributed by atoms with Gasteiger partial charge < -0.3 is 10.6 Å². The third-order valence-electron chi connectivity index (χ3n) is 2.54. The highest BCUT2D eigenvalue weighted by molar-refractivity contribution is 9.10. The first kappa shape index (κ1) is 13.3. The fourth-order valence-electron chi connectivity index (χ4n) is 1.79. The Morgan fingerprint density at radius 3 is 2.44 bits per heavy atom. The van der Waals surface area contributed by atoms with E-state index in [0.717, 1.165) is 15.5 Å². The molecule has 18 heavy (non-hydrogen) atoms. The van der Waals surface area contributed by atoms with E-state index in [4.69, 9.17) is 12.2 Å². The van der Waals surface area contributed by atoms with Crippen molar-refractivity contribution in [2.75, 3.05) is 5.32 Å². The van der Waals surface area contributed by atoms with E-state index < -0.39 is 0 Å². The highest BCUT2D eigenvalue weighted by Crippen LogP contribution is 2.29. The van der Waals surface area contributed by atoms with Crippen molar-refractivity contribution in [3.8, 4) is 0 Å². The van der Waals surface area contributed by atoms with Crippen LogP contribution in [-0.2, 0) is 0 Å². The third kappa shape index (κ3) is 3.00. The van der Waals surface area contributed by atoms with Crippen LogP contribution in [0, 0.1) is 0 Å². The first-order chi connectivity index (χ1) is 8.58. The molecule has 0 fully saturated rings. The van der Waals surface area contributed by atoms with Crippen LogP contribution in [0.25, 0.3) is 10.8 Å². The van der Waals surface area contributed by atoms with Crippen molar-refractivity contribution in [2.45, 2.75) is 19.9 Å². The summed E-state index contributed by atoms with van der Waals surface area (Å²) < 4.78 is 1.09. The summed E-state index contributed by atoms with van der Waals surface area (Å²) in [5.74, 6) is 0. The fraction of sp³-hybridized carbons (Fsp3) is 0.214. The highest BCUT2D eigenvalue weighted by atomic mass is 79.9. The zero-order valence-corrected chi connectivity index (χ0v) is 12.7. The van der Waals surface area contributed by atoms with Crippen LogP contribution in [-0.4, -0.2) is 11.2 Å². The largest absolute Gasteiger partial charge is 0.360 e. The Bertz CT molecular complexity index is 581. The van der Waals surface area contributed by atoms with Gasteiger partial charge in [0.25, 0.3) is 0 Å². The summed E-state index contributed by atoms with van der Waals surface area (Å²) in [6.07, 6.45) is 0. The average molecular weight is 323 g/mol. The summed E-state index contributed by atoms with van der Waals surface area (Å²) >= 11 is 8.84. The highest BCUT2D eigenvalue weighted by Gasteiger charge is 2.05. The van der Waals surface area contributed by atoms with E-state index in [9.17, 15) is 0 Å². The minimum absolute atomic E-state index is 0.326. The van der Waals surface area contributed by atoms with Gasteiger partial charge in [-0.15, -0.1) is 0 Å². The van der Waals surface area contributed by atoms with Gasteiger partial charge in [0, 0.05) is 21.6 Å². The first-order valence-corrected chi connectivity index (χ1v) is 7.03. The third-order valence-corrected chi connectivity index (χ3v) is 3.45. The van der Waals surface area contributed by atoms with Crippen molar-refractivity contribution in [3.05, 3.63) is 40.9 Å². The number of halogens is 1. The number of thiocarbonyl (C=S) groups is 1. The van der Waals surface area contributed by atoms with Crippen molar-refractivity contribution < 1.29 is 0 Å². The van der Waals surface area contributed by atoms with Gasteiger partial charge >= 0.3 is 0 Å². The average Bonchev–Trinajstić information content (AvgIpc) is 2.32. The molecule has 0 amide bonds. The predicted molar refractivity (Wildman–Crippen MR) is 86.1 cm³/mol.